The summed E-state index contributed by atoms with van der Waals surface area (Å²) in [7, 11) is 5.35. The summed E-state index contributed by atoms with van der Waals surface area (Å²) in [5, 5.41) is 4.40. The minimum atomic E-state index is 0.0406. The molecule has 0 fully saturated rings. The molecule has 0 bridgehead atoms. The highest BCUT2D eigenvalue weighted by Crippen LogP contribution is 2.25. The number of amides is 1. The average molecular weight is 253 g/mol. The standard InChI is InChI=1S/C12H23N5O/c1-6-7-17-12(11(13)9(2)14-17)16(5)8-10(18)15(3)4/h6-8,13H2,1-5H3. The Morgan fingerprint density at radius 2 is 2.00 bits per heavy atom. The van der Waals surface area contributed by atoms with Gasteiger partial charge in [-0.05, 0) is 13.3 Å². The van der Waals surface area contributed by atoms with Gasteiger partial charge in [0.1, 0.15) is 0 Å². The molecular formula is C12H23N5O. The third-order valence-corrected chi connectivity index (χ3v) is 2.81. The molecule has 1 rings (SSSR count). The van der Waals surface area contributed by atoms with E-state index in [2.05, 4.69) is 12.0 Å². The summed E-state index contributed by atoms with van der Waals surface area (Å²) in [6.45, 7) is 5.06. The third-order valence-electron chi connectivity index (χ3n) is 2.81. The van der Waals surface area contributed by atoms with Gasteiger partial charge >= 0.3 is 0 Å². The first-order chi connectivity index (χ1) is 8.38. The number of nitrogens with zero attached hydrogens (tertiary/aromatic N) is 4. The summed E-state index contributed by atoms with van der Waals surface area (Å²) in [6.07, 6.45) is 0.975. The van der Waals surface area contributed by atoms with Gasteiger partial charge in [0.25, 0.3) is 0 Å². The van der Waals surface area contributed by atoms with Crippen LogP contribution in [0.2, 0.25) is 0 Å². The van der Waals surface area contributed by atoms with E-state index in [9.17, 15) is 4.79 Å². The summed E-state index contributed by atoms with van der Waals surface area (Å²) >= 11 is 0. The summed E-state index contributed by atoms with van der Waals surface area (Å²) in [6, 6.07) is 0. The van der Waals surface area contributed by atoms with Gasteiger partial charge in [0.05, 0.1) is 17.9 Å². The van der Waals surface area contributed by atoms with E-state index in [-0.39, 0.29) is 5.91 Å². The van der Waals surface area contributed by atoms with E-state index in [0.29, 0.717) is 12.2 Å². The second-order valence-electron chi connectivity index (χ2n) is 4.69. The smallest absolute Gasteiger partial charge is 0.241 e. The second kappa shape index (κ2) is 5.75. The van der Waals surface area contributed by atoms with Gasteiger partial charge in [-0.2, -0.15) is 5.10 Å². The fraction of sp³-hybridized carbons (Fsp3) is 0.667. The van der Waals surface area contributed by atoms with Crippen molar-refractivity contribution < 1.29 is 4.79 Å². The molecule has 0 aliphatic rings. The number of likely N-dealkylation sites (N-methyl/N-ethyl adjacent to an activating group) is 2. The predicted octanol–water partition coefficient (Wildman–Crippen LogP) is 0.708. The number of rotatable bonds is 5. The highest BCUT2D eigenvalue weighted by molar-refractivity contribution is 5.82. The van der Waals surface area contributed by atoms with Crippen LogP contribution in [-0.4, -0.2) is 48.3 Å². The lowest BCUT2D eigenvalue weighted by molar-refractivity contribution is -0.127. The molecule has 0 saturated heterocycles. The molecule has 6 heteroatoms. The largest absolute Gasteiger partial charge is 0.394 e. The van der Waals surface area contributed by atoms with Crippen LogP contribution in [0.4, 0.5) is 11.5 Å². The second-order valence-corrected chi connectivity index (χ2v) is 4.69. The Morgan fingerprint density at radius 3 is 2.50 bits per heavy atom. The molecule has 2 N–H and O–H groups in total. The van der Waals surface area contributed by atoms with Crippen LogP contribution in [0.3, 0.4) is 0 Å². The van der Waals surface area contributed by atoms with Crippen molar-refractivity contribution in [2.45, 2.75) is 26.8 Å². The Kier molecular flexibility index (Phi) is 4.58. The summed E-state index contributed by atoms with van der Waals surface area (Å²) in [4.78, 5) is 15.2. The molecule has 0 aromatic carbocycles. The van der Waals surface area contributed by atoms with Gasteiger partial charge < -0.3 is 15.5 Å². The Labute approximate surface area is 108 Å². The van der Waals surface area contributed by atoms with Crippen LogP contribution in [0.5, 0.6) is 0 Å². The zero-order chi connectivity index (χ0) is 13.9. The number of anilines is 2. The topological polar surface area (TPSA) is 67.4 Å². The van der Waals surface area contributed by atoms with Crippen LogP contribution < -0.4 is 10.6 Å². The molecular weight excluding hydrogens is 230 g/mol. The maximum absolute atomic E-state index is 11.7. The SMILES string of the molecule is CCCn1nc(C)c(N)c1N(C)CC(=O)N(C)C. The molecule has 0 unspecified atom stereocenters. The first-order valence-corrected chi connectivity index (χ1v) is 6.12. The van der Waals surface area contributed by atoms with Gasteiger partial charge in [0.2, 0.25) is 5.91 Å². The lowest BCUT2D eigenvalue weighted by atomic mass is 10.3. The Bertz CT molecular complexity index is 424. The number of hydrogen-bond acceptors (Lipinski definition) is 4. The quantitative estimate of drug-likeness (QED) is 0.839. The van der Waals surface area contributed by atoms with Crippen molar-refractivity contribution in [2.75, 3.05) is 38.3 Å². The molecule has 1 amide bonds. The fourth-order valence-electron chi connectivity index (χ4n) is 1.77. The first kappa shape index (κ1) is 14.3. The number of nitrogen functional groups attached to an aromatic ring is 1. The van der Waals surface area contributed by atoms with E-state index in [1.165, 1.54) is 0 Å². The summed E-state index contributed by atoms with van der Waals surface area (Å²) < 4.78 is 1.87. The Balaban J connectivity index is 2.96. The summed E-state index contributed by atoms with van der Waals surface area (Å²) in [5.74, 6) is 0.864. The lowest BCUT2D eigenvalue weighted by Gasteiger charge is -2.22. The number of nitrogens with two attached hydrogens (primary N) is 1. The predicted molar refractivity (Wildman–Crippen MR) is 73.6 cm³/mol. The highest BCUT2D eigenvalue weighted by Gasteiger charge is 2.18. The maximum Gasteiger partial charge on any atom is 0.241 e. The van der Waals surface area contributed by atoms with E-state index in [1.54, 1.807) is 19.0 Å². The molecule has 0 spiro atoms. The average Bonchev–Trinajstić information content (AvgIpc) is 2.55. The molecule has 0 atom stereocenters. The molecule has 102 valence electrons. The monoisotopic (exact) mass is 253 g/mol. The van der Waals surface area contributed by atoms with E-state index in [1.807, 2.05) is 23.6 Å². The fourth-order valence-corrected chi connectivity index (χ4v) is 1.77. The number of carbonyl (C=O) groups is 1. The molecule has 1 aromatic heterocycles. The van der Waals surface area contributed by atoms with Crippen molar-refractivity contribution in [3.8, 4) is 0 Å². The van der Waals surface area contributed by atoms with E-state index in [0.717, 1.165) is 24.5 Å². The van der Waals surface area contributed by atoms with Crippen LogP contribution in [0.1, 0.15) is 19.0 Å². The highest BCUT2D eigenvalue weighted by atomic mass is 16.2. The molecule has 0 radical (unpaired) electrons. The normalized spacial score (nSPS) is 10.5. The van der Waals surface area contributed by atoms with Gasteiger partial charge in [0.15, 0.2) is 5.82 Å². The van der Waals surface area contributed by atoms with Gasteiger partial charge in [-0.15, -0.1) is 0 Å². The zero-order valence-electron chi connectivity index (χ0n) is 11.9. The van der Waals surface area contributed by atoms with Crippen molar-refractivity contribution in [2.24, 2.45) is 0 Å². The molecule has 0 aliphatic heterocycles. The molecule has 18 heavy (non-hydrogen) atoms. The van der Waals surface area contributed by atoms with Crippen LogP contribution in [0.15, 0.2) is 0 Å². The Hall–Kier alpha value is -1.72. The number of carbonyl (C=O) groups excluding carboxylic acids is 1. The van der Waals surface area contributed by atoms with Crippen LogP contribution in [0, 0.1) is 6.92 Å². The van der Waals surface area contributed by atoms with Gasteiger partial charge in [-0.25, -0.2) is 4.68 Å². The minimum Gasteiger partial charge on any atom is -0.394 e. The van der Waals surface area contributed by atoms with Crippen LogP contribution in [-0.2, 0) is 11.3 Å². The maximum atomic E-state index is 11.7. The number of aromatic nitrogens is 2. The lowest BCUT2D eigenvalue weighted by Crippen LogP contribution is -2.35. The zero-order valence-corrected chi connectivity index (χ0v) is 11.9. The van der Waals surface area contributed by atoms with E-state index in [4.69, 9.17) is 5.73 Å². The van der Waals surface area contributed by atoms with Gasteiger partial charge in [-0.1, -0.05) is 6.92 Å². The van der Waals surface area contributed by atoms with E-state index >= 15 is 0 Å². The number of hydrogen-bond donors (Lipinski definition) is 1. The van der Waals surface area contributed by atoms with Crippen LogP contribution >= 0.6 is 0 Å². The van der Waals surface area contributed by atoms with Crippen molar-refractivity contribution >= 4 is 17.4 Å². The summed E-state index contributed by atoms with van der Waals surface area (Å²) in [5.41, 5.74) is 7.49. The molecule has 1 aromatic rings. The number of aryl methyl sites for hydroxylation is 2. The van der Waals surface area contributed by atoms with Crippen molar-refractivity contribution in [1.82, 2.24) is 14.7 Å². The van der Waals surface area contributed by atoms with Crippen molar-refractivity contribution in [3.63, 3.8) is 0 Å². The van der Waals surface area contributed by atoms with Crippen LogP contribution in [0.25, 0.3) is 0 Å². The van der Waals surface area contributed by atoms with E-state index < -0.39 is 0 Å². The molecule has 0 aliphatic carbocycles. The van der Waals surface area contributed by atoms with Crippen molar-refractivity contribution in [3.05, 3.63) is 5.69 Å². The Morgan fingerprint density at radius 1 is 1.39 bits per heavy atom. The van der Waals surface area contributed by atoms with Gasteiger partial charge in [0, 0.05) is 27.7 Å². The van der Waals surface area contributed by atoms with Gasteiger partial charge in [-0.3, -0.25) is 4.79 Å². The molecule has 6 nitrogen and oxygen atoms in total. The third kappa shape index (κ3) is 2.94. The minimum absolute atomic E-state index is 0.0406. The van der Waals surface area contributed by atoms with Crippen molar-refractivity contribution in [1.29, 1.82) is 0 Å². The molecule has 1 heterocycles. The molecule has 0 saturated carbocycles. The first-order valence-electron chi connectivity index (χ1n) is 6.12.